The molecule has 0 aromatic heterocycles. The van der Waals surface area contributed by atoms with Gasteiger partial charge in [-0.3, -0.25) is 14.4 Å². The molecular weight excluding hydrogens is 493 g/mol. The first-order valence-electron chi connectivity index (χ1n) is 11.3. The molecule has 2 fully saturated rings. The van der Waals surface area contributed by atoms with Crippen LogP contribution in [0.25, 0.3) is 0 Å². The Hall–Kier alpha value is -1.45. The van der Waals surface area contributed by atoms with E-state index in [1.807, 2.05) is 0 Å². The van der Waals surface area contributed by atoms with Crippen LogP contribution in [0.4, 0.5) is 0 Å². The molecule has 33 heavy (non-hydrogen) atoms. The molecule has 0 bridgehead atoms. The number of nitrogens with one attached hydrogen (secondary N) is 2. The second-order valence-corrected chi connectivity index (χ2v) is 10.5. The summed E-state index contributed by atoms with van der Waals surface area (Å²) >= 11 is 18.9. The average molecular weight is 527 g/mol. The number of aliphatic imine (C=N–C) groups is 1. The third-order valence-electron chi connectivity index (χ3n) is 6.08. The lowest BCUT2D eigenvalue weighted by Crippen LogP contribution is -2.49. The number of halogens is 3. The molecule has 6 N–H and O–H groups in total. The van der Waals surface area contributed by atoms with Gasteiger partial charge in [-0.15, -0.1) is 34.8 Å². The summed E-state index contributed by atoms with van der Waals surface area (Å²) in [6.07, 6.45) is 3.55. The number of amides is 2. The van der Waals surface area contributed by atoms with Crippen molar-refractivity contribution in [1.82, 2.24) is 10.6 Å². The maximum atomic E-state index is 12.6. The Bertz CT molecular complexity index is 712. The fourth-order valence-electron chi connectivity index (χ4n) is 4.53. The van der Waals surface area contributed by atoms with Gasteiger partial charge in [-0.05, 0) is 51.4 Å². The number of rotatable bonds is 9. The van der Waals surface area contributed by atoms with Crippen LogP contribution in [0.5, 0.6) is 0 Å². The van der Waals surface area contributed by atoms with Crippen LogP contribution < -0.4 is 22.1 Å². The molecule has 6 atom stereocenters. The minimum absolute atomic E-state index is 0.0192. The van der Waals surface area contributed by atoms with Crippen molar-refractivity contribution in [2.75, 3.05) is 13.2 Å². The van der Waals surface area contributed by atoms with Crippen molar-refractivity contribution in [3.8, 4) is 0 Å². The highest BCUT2D eigenvalue weighted by Gasteiger charge is 2.35. The number of hydrogen-bond acceptors (Lipinski definition) is 5. The Kier molecular flexibility index (Phi) is 11.3. The molecule has 0 heterocycles. The highest BCUT2D eigenvalue weighted by molar-refractivity contribution is 6.23. The topological polar surface area (TPSA) is 149 Å². The van der Waals surface area contributed by atoms with E-state index >= 15 is 0 Å². The molecule has 2 aliphatic rings. The van der Waals surface area contributed by atoms with E-state index in [0.717, 1.165) is 0 Å². The first kappa shape index (κ1) is 27.8. The van der Waals surface area contributed by atoms with Gasteiger partial charge in [-0.25, -0.2) is 4.99 Å². The lowest BCUT2D eigenvalue weighted by Gasteiger charge is -2.35. The van der Waals surface area contributed by atoms with Crippen LogP contribution in [0.2, 0.25) is 0 Å². The molecule has 12 heteroatoms. The zero-order valence-corrected chi connectivity index (χ0v) is 21.0. The molecule has 0 aromatic carbocycles. The summed E-state index contributed by atoms with van der Waals surface area (Å²) in [7, 11) is 0. The molecule has 2 saturated carbocycles. The highest BCUT2D eigenvalue weighted by atomic mass is 35.5. The van der Waals surface area contributed by atoms with E-state index in [1.54, 1.807) is 6.92 Å². The predicted octanol–water partition coefficient (Wildman–Crippen LogP) is 1.61. The van der Waals surface area contributed by atoms with Gasteiger partial charge in [0.2, 0.25) is 11.8 Å². The minimum Gasteiger partial charge on any atom is -0.466 e. The van der Waals surface area contributed by atoms with E-state index in [9.17, 15) is 14.4 Å². The molecule has 0 saturated heterocycles. The molecule has 0 spiro atoms. The van der Waals surface area contributed by atoms with Crippen molar-refractivity contribution in [1.29, 1.82) is 0 Å². The summed E-state index contributed by atoms with van der Waals surface area (Å²) in [4.78, 5) is 41.5. The van der Waals surface area contributed by atoms with Crippen molar-refractivity contribution in [3.63, 3.8) is 0 Å². The predicted molar refractivity (Wildman–Crippen MR) is 129 cm³/mol. The number of carbonyl (C=O) groups excluding carboxylic acids is 3. The van der Waals surface area contributed by atoms with Gasteiger partial charge in [-0.1, -0.05) is 0 Å². The van der Waals surface area contributed by atoms with Crippen molar-refractivity contribution in [2.24, 2.45) is 28.3 Å². The molecule has 2 rings (SSSR count). The van der Waals surface area contributed by atoms with Crippen molar-refractivity contribution < 1.29 is 19.1 Å². The van der Waals surface area contributed by atoms with E-state index in [1.165, 1.54) is 0 Å². The van der Waals surface area contributed by atoms with Gasteiger partial charge in [0.15, 0.2) is 5.96 Å². The van der Waals surface area contributed by atoms with Crippen molar-refractivity contribution >= 4 is 58.5 Å². The number of guanidine groups is 1. The molecular formula is C21H34Cl3N5O4. The smallest absolute Gasteiger partial charge is 0.307 e. The Morgan fingerprint density at radius 1 is 1.06 bits per heavy atom. The zero-order valence-electron chi connectivity index (χ0n) is 18.8. The van der Waals surface area contributed by atoms with Gasteiger partial charge in [0.1, 0.15) is 0 Å². The van der Waals surface area contributed by atoms with Crippen LogP contribution in [-0.2, 0) is 19.1 Å². The summed E-state index contributed by atoms with van der Waals surface area (Å²) in [5.74, 6) is -1.54. The number of ether oxygens (including phenoxy) is 1. The summed E-state index contributed by atoms with van der Waals surface area (Å²) in [6, 6.07) is -0.823. The van der Waals surface area contributed by atoms with E-state index in [4.69, 9.17) is 51.0 Å². The maximum absolute atomic E-state index is 12.6. The molecule has 0 aliphatic heterocycles. The Labute approximate surface area is 209 Å². The van der Waals surface area contributed by atoms with Crippen LogP contribution in [0.15, 0.2) is 4.99 Å². The fourth-order valence-corrected chi connectivity index (χ4v) is 5.79. The number of carbonyl (C=O) groups is 3. The summed E-state index contributed by atoms with van der Waals surface area (Å²) in [6.45, 7) is 1.76. The molecule has 2 aliphatic carbocycles. The molecule has 6 unspecified atom stereocenters. The number of esters is 1. The average Bonchev–Trinajstić information content (AvgIpc) is 2.72. The van der Waals surface area contributed by atoms with Crippen molar-refractivity contribution in [2.45, 2.75) is 80.1 Å². The SMILES string of the molecule is CCOC(=O)CC(NC(=O)CNC(=O)C1CCC(Cl)C(N=C(N)N)C1)C1CC(Cl)CC(Cl)C1. The number of nitrogens with zero attached hydrogens (tertiary/aromatic N) is 1. The second kappa shape index (κ2) is 13.4. The third-order valence-corrected chi connectivity index (χ3v) is 7.30. The van der Waals surface area contributed by atoms with Crippen LogP contribution in [0, 0.1) is 11.8 Å². The first-order valence-corrected chi connectivity index (χ1v) is 12.6. The lowest BCUT2D eigenvalue weighted by atomic mass is 9.82. The number of nitrogens with two attached hydrogens (primary N) is 2. The maximum Gasteiger partial charge on any atom is 0.307 e. The van der Waals surface area contributed by atoms with Gasteiger partial charge >= 0.3 is 5.97 Å². The van der Waals surface area contributed by atoms with E-state index < -0.39 is 17.9 Å². The van der Waals surface area contributed by atoms with E-state index in [2.05, 4.69) is 15.6 Å². The fraction of sp³-hybridized carbons (Fsp3) is 0.810. The normalized spacial score (nSPS) is 30.5. The zero-order chi connectivity index (χ0) is 24.5. The molecule has 0 aromatic rings. The monoisotopic (exact) mass is 525 g/mol. The quantitative estimate of drug-likeness (QED) is 0.155. The van der Waals surface area contributed by atoms with Gasteiger partial charge in [0.25, 0.3) is 0 Å². The minimum atomic E-state index is -0.478. The van der Waals surface area contributed by atoms with Gasteiger partial charge in [0, 0.05) is 22.7 Å². The van der Waals surface area contributed by atoms with Crippen LogP contribution in [0.3, 0.4) is 0 Å². The molecule has 188 valence electrons. The Balaban J connectivity index is 1.92. The van der Waals surface area contributed by atoms with Gasteiger partial charge in [-0.2, -0.15) is 0 Å². The Morgan fingerprint density at radius 3 is 2.33 bits per heavy atom. The second-order valence-electron chi connectivity index (χ2n) is 8.71. The number of hydrogen-bond donors (Lipinski definition) is 4. The highest BCUT2D eigenvalue weighted by Crippen LogP contribution is 2.34. The third kappa shape index (κ3) is 9.37. The van der Waals surface area contributed by atoms with E-state index in [0.29, 0.717) is 38.5 Å². The first-order chi connectivity index (χ1) is 15.6. The summed E-state index contributed by atoms with van der Waals surface area (Å²) in [5.41, 5.74) is 10.9. The molecule has 9 nitrogen and oxygen atoms in total. The van der Waals surface area contributed by atoms with Crippen molar-refractivity contribution in [3.05, 3.63) is 0 Å². The van der Waals surface area contributed by atoms with Crippen LogP contribution in [-0.4, -0.2) is 65.1 Å². The lowest BCUT2D eigenvalue weighted by molar-refractivity contribution is -0.144. The summed E-state index contributed by atoms with van der Waals surface area (Å²) in [5, 5.41) is 5.06. The van der Waals surface area contributed by atoms with Gasteiger partial charge < -0.3 is 26.8 Å². The standard InChI is InChI=1S/C21H34Cl3N5O4/c1-2-33-19(31)9-16(12-5-13(22)8-14(23)6-12)28-18(30)10-27-20(32)11-3-4-15(24)17(7-11)29-21(25)26/h11-17H,2-10H2,1H3,(H,27,32)(H,28,30)(H4,25,26,29). The van der Waals surface area contributed by atoms with Crippen LogP contribution in [0.1, 0.15) is 51.9 Å². The molecule has 0 radical (unpaired) electrons. The Morgan fingerprint density at radius 2 is 1.73 bits per heavy atom. The van der Waals surface area contributed by atoms with Gasteiger partial charge in [0.05, 0.1) is 31.0 Å². The van der Waals surface area contributed by atoms with E-state index in [-0.39, 0.29) is 65.4 Å². The number of alkyl halides is 3. The largest absolute Gasteiger partial charge is 0.466 e. The molecule has 2 amide bonds. The van der Waals surface area contributed by atoms with Crippen LogP contribution >= 0.6 is 34.8 Å². The summed E-state index contributed by atoms with van der Waals surface area (Å²) < 4.78 is 5.06.